The molecule has 4 heteroatoms. The van der Waals surface area contributed by atoms with E-state index in [0.29, 0.717) is 17.1 Å². The lowest BCUT2D eigenvalue weighted by Gasteiger charge is -2.14. The second-order valence-electron chi connectivity index (χ2n) is 5.12. The van der Waals surface area contributed by atoms with Crippen molar-refractivity contribution in [2.45, 2.75) is 0 Å². The summed E-state index contributed by atoms with van der Waals surface area (Å²) in [6.45, 7) is 0. The highest BCUT2D eigenvalue weighted by molar-refractivity contribution is 5.80. The molecule has 0 aliphatic carbocycles. The fourth-order valence-electron chi connectivity index (χ4n) is 2.53. The number of hydrogen-bond acceptors (Lipinski definition) is 3. The van der Waals surface area contributed by atoms with Gasteiger partial charge in [0, 0.05) is 0 Å². The van der Waals surface area contributed by atoms with Crippen LogP contribution in [0.5, 0.6) is 28.7 Å². The van der Waals surface area contributed by atoms with Crippen molar-refractivity contribution in [1.29, 1.82) is 0 Å². The Balaban J connectivity index is 2.05. The van der Waals surface area contributed by atoms with Crippen LogP contribution in [0, 0.1) is 0 Å². The summed E-state index contributed by atoms with van der Waals surface area (Å²) < 4.78 is 16.6. The average molecular weight is 321 g/mol. The molecule has 0 unspecified atom stereocenters. The van der Waals surface area contributed by atoms with E-state index >= 15 is 0 Å². The molecule has 0 saturated heterocycles. The quantitative estimate of drug-likeness (QED) is 0.640. The first kappa shape index (κ1) is 15.7. The van der Waals surface area contributed by atoms with Gasteiger partial charge in [-0.05, 0) is 42.0 Å². The van der Waals surface area contributed by atoms with Crippen LogP contribution >= 0.6 is 0 Å². The number of ether oxygens (including phenoxy) is 3. The normalized spacial score (nSPS) is 10.2. The van der Waals surface area contributed by atoms with E-state index in [-0.39, 0.29) is 11.5 Å². The zero-order valence-electron chi connectivity index (χ0n) is 13.5. The van der Waals surface area contributed by atoms with Gasteiger partial charge in [0.15, 0.2) is 5.75 Å². The van der Waals surface area contributed by atoms with Crippen molar-refractivity contribution in [3.05, 3.63) is 66.7 Å². The molecule has 0 amide bonds. The summed E-state index contributed by atoms with van der Waals surface area (Å²) in [6, 6.07) is 20.1. The summed E-state index contributed by atoms with van der Waals surface area (Å²) in [4.78, 5) is 0. The fraction of sp³-hybridized carbons (Fsp3) is 0.100. The van der Waals surface area contributed by atoms with Crippen molar-refractivity contribution in [3.8, 4) is 39.9 Å². The SMILES string of the molecule is COc1ccc([O])c(OC)c1-c1cccc(Oc2ccccc2)c1. The minimum absolute atomic E-state index is 0.192. The largest absolute Gasteiger partial charge is 0.496 e. The lowest BCUT2D eigenvalue weighted by Crippen LogP contribution is -1.94. The van der Waals surface area contributed by atoms with Crippen molar-refractivity contribution in [1.82, 2.24) is 0 Å². The zero-order chi connectivity index (χ0) is 16.9. The van der Waals surface area contributed by atoms with E-state index in [4.69, 9.17) is 14.2 Å². The summed E-state index contributed by atoms with van der Waals surface area (Å²) in [5.74, 6) is 2.04. The first-order chi connectivity index (χ1) is 11.7. The van der Waals surface area contributed by atoms with Gasteiger partial charge in [-0.2, -0.15) is 0 Å². The predicted molar refractivity (Wildman–Crippen MR) is 91.6 cm³/mol. The zero-order valence-corrected chi connectivity index (χ0v) is 13.5. The molecule has 0 bridgehead atoms. The highest BCUT2D eigenvalue weighted by atomic mass is 16.5. The van der Waals surface area contributed by atoms with Crippen molar-refractivity contribution in [2.75, 3.05) is 14.2 Å². The van der Waals surface area contributed by atoms with E-state index in [0.717, 1.165) is 11.3 Å². The van der Waals surface area contributed by atoms with Crippen LogP contribution in [0.3, 0.4) is 0 Å². The molecule has 3 rings (SSSR count). The lowest BCUT2D eigenvalue weighted by atomic mass is 10.0. The molecule has 0 spiro atoms. The molecule has 121 valence electrons. The Hall–Kier alpha value is -3.14. The Morgan fingerprint density at radius 3 is 2.21 bits per heavy atom. The number of methoxy groups -OCH3 is 2. The molecule has 0 atom stereocenters. The van der Waals surface area contributed by atoms with Crippen molar-refractivity contribution >= 4 is 0 Å². The Kier molecular flexibility index (Phi) is 4.57. The predicted octanol–water partition coefficient (Wildman–Crippen LogP) is 5.31. The van der Waals surface area contributed by atoms with Crippen molar-refractivity contribution in [2.24, 2.45) is 0 Å². The molecular formula is C20H17O4. The lowest BCUT2D eigenvalue weighted by molar-refractivity contribution is 0.313. The van der Waals surface area contributed by atoms with Crippen LogP contribution in [0.25, 0.3) is 11.1 Å². The van der Waals surface area contributed by atoms with Gasteiger partial charge < -0.3 is 14.2 Å². The van der Waals surface area contributed by atoms with Gasteiger partial charge in [0.25, 0.3) is 0 Å². The van der Waals surface area contributed by atoms with Gasteiger partial charge in [-0.25, -0.2) is 0 Å². The minimum atomic E-state index is -0.192. The Labute approximate surface area is 140 Å². The molecule has 0 aliphatic rings. The summed E-state index contributed by atoms with van der Waals surface area (Å²) in [5, 5.41) is 12.1. The van der Waals surface area contributed by atoms with Gasteiger partial charge >= 0.3 is 0 Å². The maximum absolute atomic E-state index is 12.1. The summed E-state index contributed by atoms with van der Waals surface area (Å²) >= 11 is 0. The molecule has 24 heavy (non-hydrogen) atoms. The smallest absolute Gasteiger partial charge is 0.221 e. The number of hydrogen-bond donors (Lipinski definition) is 0. The van der Waals surface area contributed by atoms with Crippen LogP contribution < -0.4 is 14.2 Å². The van der Waals surface area contributed by atoms with Gasteiger partial charge in [-0.15, -0.1) is 0 Å². The topological polar surface area (TPSA) is 47.6 Å². The van der Waals surface area contributed by atoms with Gasteiger partial charge in [-0.3, -0.25) is 5.11 Å². The molecular weight excluding hydrogens is 304 g/mol. The van der Waals surface area contributed by atoms with Gasteiger partial charge in [0.05, 0.1) is 19.8 Å². The maximum Gasteiger partial charge on any atom is 0.221 e. The second-order valence-corrected chi connectivity index (χ2v) is 5.12. The maximum atomic E-state index is 12.1. The summed E-state index contributed by atoms with van der Waals surface area (Å²) in [5.41, 5.74) is 1.40. The standard InChI is InChI=1S/C20H17O4/c1-22-18-12-11-17(21)20(23-2)19(18)14-7-6-10-16(13-14)24-15-8-4-3-5-9-15/h3-13H,1-2H3. The van der Waals surface area contributed by atoms with Crippen LogP contribution in [0.1, 0.15) is 0 Å². The molecule has 0 N–H and O–H groups in total. The van der Waals surface area contributed by atoms with Crippen LogP contribution in [0.2, 0.25) is 0 Å². The third-order valence-electron chi connectivity index (χ3n) is 3.61. The molecule has 1 radical (unpaired) electrons. The van der Waals surface area contributed by atoms with Gasteiger partial charge in [0.1, 0.15) is 17.2 Å². The van der Waals surface area contributed by atoms with Crippen LogP contribution in [0.4, 0.5) is 0 Å². The highest BCUT2D eigenvalue weighted by Crippen LogP contribution is 2.45. The number of benzene rings is 3. The Bertz CT molecular complexity index is 828. The van der Waals surface area contributed by atoms with Crippen LogP contribution in [0.15, 0.2) is 66.7 Å². The van der Waals surface area contributed by atoms with Crippen LogP contribution in [-0.4, -0.2) is 14.2 Å². The van der Waals surface area contributed by atoms with E-state index in [9.17, 15) is 5.11 Å². The first-order valence-electron chi connectivity index (χ1n) is 7.48. The van der Waals surface area contributed by atoms with Gasteiger partial charge in [0.2, 0.25) is 5.75 Å². The Morgan fingerprint density at radius 1 is 0.750 bits per heavy atom. The van der Waals surface area contributed by atoms with Gasteiger partial charge in [-0.1, -0.05) is 30.3 Å². The monoisotopic (exact) mass is 321 g/mol. The van der Waals surface area contributed by atoms with Crippen molar-refractivity contribution < 1.29 is 19.3 Å². The van der Waals surface area contributed by atoms with E-state index in [1.54, 1.807) is 13.2 Å². The fourth-order valence-corrected chi connectivity index (χ4v) is 2.53. The highest BCUT2D eigenvalue weighted by Gasteiger charge is 2.18. The summed E-state index contributed by atoms with van der Waals surface area (Å²) in [7, 11) is 3.04. The molecule has 4 nitrogen and oxygen atoms in total. The number of para-hydroxylation sites is 1. The minimum Gasteiger partial charge on any atom is -0.496 e. The first-order valence-corrected chi connectivity index (χ1v) is 7.48. The molecule has 3 aromatic rings. The van der Waals surface area contributed by atoms with E-state index in [2.05, 4.69) is 0 Å². The Morgan fingerprint density at radius 2 is 1.50 bits per heavy atom. The molecule has 3 aromatic carbocycles. The molecule has 0 saturated carbocycles. The molecule has 0 heterocycles. The van der Waals surface area contributed by atoms with Crippen LogP contribution in [-0.2, 0) is 5.11 Å². The van der Waals surface area contributed by atoms with E-state index in [1.807, 2.05) is 54.6 Å². The van der Waals surface area contributed by atoms with Crippen molar-refractivity contribution in [3.63, 3.8) is 0 Å². The number of rotatable bonds is 5. The van der Waals surface area contributed by atoms with E-state index < -0.39 is 0 Å². The molecule has 0 aromatic heterocycles. The summed E-state index contributed by atoms with van der Waals surface area (Å²) in [6.07, 6.45) is 0. The third-order valence-corrected chi connectivity index (χ3v) is 3.61. The third kappa shape index (κ3) is 3.13. The molecule has 0 fully saturated rings. The van der Waals surface area contributed by atoms with E-state index in [1.165, 1.54) is 13.2 Å². The molecule has 0 aliphatic heterocycles. The second kappa shape index (κ2) is 6.96. The average Bonchev–Trinajstić information content (AvgIpc) is 2.62.